The van der Waals surface area contributed by atoms with Gasteiger partial charge in [0.2, 0.25) is 5.91 Å². The van der Waals surface area contributed by atoms with Gasteiger partial charge in [0, 0.05) is 12.1 Å². The monoisotopic (exact) mass is 385 g/mol. The Hall–Kier alpha value is -1.57. The number of hydrogen-bond acceptors (Lipinski definition) is 1. The highest BCUT2D eigenvalue weighted by Crippen LogP contribution is 2.13. The number of anilines is 1. The second kappa shape index (κ2) is 18.8. The quantitative estimate of drug-likeness (QED) is 0.199. The van der Waals surface area contributed by atoms with Gasteiger partial charge in [0.1, 0.15) is 0 Å². The molecule has 0 aromatic heterocycles. The maximum atomic E-state index is 11.9. The Kier molecular flexibility index (Phi) is 16.4. The molecule has 1 rings (SSSR count). The molecule has 1 aromatic carbocycles. The molecule has 0 atom stereocenters. The molecule has 28 heavy (non-hydrogen) atoms. The summed E-state index contributed by atoms with van der Waals surface area (Å²) >= 11 is 0. The predicted molar refractivity (Wildman–Crippen MR) is 124 cm³/mol. The van der Waals surface area contributed by atoms with Crippen molar-refractivity contribution in [2.45, 2.75) is 110 Å². The fraction of sp³-hybridized carbons (Fsp3) is 0.654. The van der Waals surface area contributed by atoms with Crippen LogP contribution >= 0.6 is 0 Å². The third-order valence-corrected chi connectivity index (χ3v) is 5.22. The van der Waals surface area contributed by atoms with Gasteiger partial charge in [0.15, 0.2) is 0 Å². The number of para-hydroxylation sites is 1. The molecule has 2 heteroatoms. The molecule has 0 aliphatic rings. The van der Waals surface area contributed by atoms with Crippen molar-refractivity contribution in [3.8, 4) is 0 Å². The van der Waals surface area contributed by atoms with Crippen LogP contribution in [0.15, 0.2) is 42.5 Å². The second-order valence-corrected chi connectivity index (χ2v) is 7.96. The fourth-order valence-electron chi connectivity index (χ4n) is 3.45. The van der Waals surface area contributed by atoms with E-state index >= 15 is 0 Å². The number of unbranched alkanes of at least 4 members (excludes halogenated alkanes) is 13. The maximum Gasteiger partial charge on any atom is 0.224 e. The van der Waals surface area contributed by atoms with Crippen molar-refractivity contribution >= 4 is 11.6 Å². The van der Waals surface area contributed by atoms with Crippen LogP contribution in [-0.4, -0.2) is 5.91 Å². The van der Waals surface area contributed by atoms with Crippen molar-refractivity contribution in [1.82, 2.24) is 0 Å². The highest BCUT2D eigenvalue weighted by Gasteiger charge is 2.01. The first-order chi connectivity index (χ1) is 13.8. The molecule has 0 fully saturated rings. The van der Waals surface area contributed by atoms with Crippen LogP contribution in [0.25, 0.3) is 0 Å². The van der Waals surface area contributed by atoms with Gasteiger partial charge in [-0.1, -0.05) is 101 Å². The Morgan fingerprint density at radius 2 is 1.21 bits per heavy atom. The summed E-state index contributed by atoms with van der Waals surface area (Å²) in [6.07, 6.45) is 25.0. The molecule has 2 nitrogen and oxygen atoms in total. The van der Waals surface area contributed by atoms with E-state index in [-0.39, 0.29) is 5.91 Å². The Morgan fingerprint density at radius 3 is 1.79 bits per heavy atom. The van der Waals surface area contributed by atoms with Crippen molar-refractivity contribution in [3.63, 3.8) is 0 Å². The molecule has 0 unspecified atom stereocenters. The van der Waals surface area contributed by atoms with Gasteiger partial charge in [0.05, 0.1) is 0 Å². The zero-order chi connectivity index (χ0) is 20.1. The normalized spacial score (nSPS) is 11.2. The van der Waals surface area contributed by atoms with Crippen molar-refractivity contribution in [3.05, 3.63) is 42.5 Å². The third kappa shape index (κ3) is 15.5. The molecule has 0 saturated heterocycles. The summed E-state index contributed by atoms with van der Waals surface area (Å²) in [4.78, 5) is 11.9. The van der Waals surface area contributed by atoms with E-state index in [1.54, 1.807) is 0 Å². The Labute approximate surface area is 174 Å². The van der Waals surface area contributed by atoms with E-state index in [4.69, 9.17) is 0 Å². The van der Waals surface area contributed by atoms with Crippen LogP contribution in [0.2, 0.25) is 0 Å². The second-order valence-electron chi connectivity index (χ2n) is 7.96. The topological polar surface area (TPSA) is 29.1 Å². The Balaban J connectivity index is 1.78. The largest absolute Gasteiger partial charge is 0.326 e. The standard InChI is InChI=1S/C26H43NO/c1-2-3-4-5-6-7-8-9-10-11-12-13-14-15-16-17-21-24-26(28)27-25-22-19-18-20-23-25/h7-8,18-20,22-23H,2-6,9-17,21,24H2,1H3,(H,27,28)/b8-7-. The number of hydrogen-bond donors (Lipinski definition) is 1. The summed E-state index contributed by atoms with van der Waals surface area (Å²) < 4.78 is 0. The lowest BCUT2D eigenvalue weighted by atomic mass is 10.1. The summed E-state index contributed by atoms with van der Waals surface area (Å²) in [7, 11) is 0. The smallest absolute Gasteiger partial charge is 0.224 e. The van der Waals surface area contributed by atoms with E-state index in [1.807, 2.05) is 30.3 Å². The first-order valence-electron chi connectivity index (χ1n) is 11.8. The molecule has 1 amide bonds. The molecule has 1 N–H and O–H groups in total. The van der Waals surface area contributed by atoms with E-state index in [1.165, 1.54) is 89.9 Å². The fourth-order valence-corrected chi connectivity index (χ4v) is 3.45. The summed E-state index contributed by atoms with van der Waals surface area (Å²) in [6.45, 7) is 2.27. The third-order valence-electron chi connectivity index (χ3n) is 5.22. The summed E-state index contributed by atoms with van der Waals surface area (Å²) in [6, 6.07) is 9.72. The molecule has 0 aliphatic carbocycles. The van der Waals surface area contributed by atoms with Crippen molar-refractivity contribution in [1.29, 1.82) is 0 Å². The van der Waals surface area contributed by atoms with Crippen LogP contribution in [0.3, 0.4) is 0 Å². The van der Waals surface area contributed by atoms with E-state index < -0.39 is 0 Å². The SMILES string of the molecule is CCCCCC/C=C\CCCCCCCCCCCC(=O)Nc1ccccc1. The van der Waals surface area contributed by atoms with Crippen molar-refractivity contribution in [2.75, 3.05) is 5.32 Å². The van der Waals surface area contributed by atoms with Crippen LogP contribution in [0.1, 0.15) is 110 Å². The van der Waals surface area contributed by atoms with Gasteiger partial charge in [-0.3, -0.25) is 4.79 Å². The zero-order valence-corrected chi connectivity index (χ0v) is 18.3. The van der Waals surface area contributed by atoms with Crippen LogP contribution in [0.4, 0.5) is 5.69 Å². The number of allylic oxidation sites excluding steroid dienone is 2. The van der Waals surface area contributed by atoms with Gasteiger partial charge in [-0.15, -0.1) is 0 Å². The Morgan fingerprint density at radius 1 is 0.714 bits per heavy atom. The molecule has 1 aromatic rings. The average Bonchev–Trinajstić information content (AvgIpc) is 2.71. The van der Waals surface area contributed by atoms with E-state index in [9.17, 15) is 4.79 Å². The van der Waals surface area contributed by atoms with Gasteiger partial charge in [-0.25, -0.2) is 0 Å². The van der Waals surface area contributed by atoms with Crippen molar-refractivity contribution in [2.24, 2.45) is 0 Å². The summed E-state index contributed by atoms with van der Waals surface area (Å²) in [5, 5.41) is 2.95. The van der Waals surface area contributed by atoms with Crippen LogP contribution in [0, 0.1) is 0 Å². The molecule has 0 aliphatic heterocycles. The predicted octanol–water partition coefficient (Wildman–Crippen LogP) is 8.44. The first-order valence-corrected chi connectivity index (χ1v) is 11.8. The van der Waals surface area contributed by atoms with Gasteiger partial charge >= 0.3 is 0 Å². The minimum absolute atomic E-state index is 0.140. The molecule has 158 valence electrons. The molecular formula is C26H43NO. The molecule has 0 spiro atoms. The van der Waals surface area contributed by atoms with E-state index in [0.717, 1.165) is 12.1 Å². The number of rotatable bonds is 18. The number of benzene rings is 1. The van der Waals surface area contributed by atoms with Crippen LogP contribution in [-0.2, 0) is 4.79 Å². The number of amides is 1. The number of carbonyl (C=O) groups excluding carboxylic acids is 1. The molecule has 0 heterocycles. The minimum atomic E-state index is 0.140. The average molecular weight is 386 g/mol. The van der Waals surface area contributed by atoms with E-state index in [2.05, 4.69) is 24.4 Å². The lowest BCUT2D eigenvalue weighted by Gasteiger charge is -2.05. The molecule has 0 radical (unpaired) electrons. The lowest BCUT2D eigenvalue weighted by Crippen LogP contribution is -2.10. The van der Waals surface area contributed by atoms with Crippen molar-refractivity contribution < 1.29 is 4.79 Å². The maximum absolute atomic E-state index is 11.9. The highest BCUT2D eigenvalue weighted by atomic mass is 16.1. The minimum Gasteiger partial charge on any atom is -0.326 e. The van der Waals surface area contributed by atoms with Crippen LogP contribution < -0.4 is 5.32 Å². The molecular weight excluding hydrogens is 342 g/mol. The van der Waals surface area contributed by atoms with Gasteiger partial charge in [0.25, 0.3) is 0 Å². The number of carbonyl (C=O) groups is 1. The van der Waals surface area contributed by atoms with Gasteiger partial charge in [-0.2, -0.15) is 0 Å². The molecule has 0 saturated carbocycles. The number of nitrogens with one attached hydrogen (secondary N) is 1. The lowest BCUT2D eigenvalue weighted by molar-refractivity contribution is -0.116. The van der Waals surface area contributed by atoms with E-state index in [0.29, 0.717) is 6.42 Å². The summed E-state index contributed by atoms with van der Waals surface area (Å²) in [5.74, 6) is 0.140. The molecule has 0 bridgehead atoms. The summed E-state index contributed by atoms with van der Waals surface area (Å²) in [5.41, 5.74) is 0.898. The van der Waals surface area contributed by atoms with Gasteiger partial charge < -0.3 is 5.32 Å². The van der Waals surface area contributed by atoms with Gasteiger partial charge in [-0.05, 0) is 44.2 Å². The first kappa shape index (κ1) is 24.5. The Bertz CT molecular complexity index is 494. The zero-order valence-electron chi connectivity index (χ0n) is 18.3. The highest BCUT2D eigenvalue weighted by molar-refractivity contribution is 5.90. The van der Waals surface area contributed by atoms with Crippen LogP contribution in [0.5, 0.6) is 0 Å².